The molecule has 0 aliphatic carbocycles. The van der Waals surface area contributed by atoms with Gasteiger partial charge in [0.15, 0.2) is 0 Å². The van der Waals surface area contributed by atoms with Crippen LogP contribution in [-0.4, -0.2) is 10.3 Å². The van der Waals surface area contributed by atoms with Gasteiger partial charge in [-0.3, -0.25) is 0 Å². The second-order valence-electron chi connectivity index (χ2n) is 2.57. The summed E-state index contributed by atoms with van der Waals surface area (Å²) in [6.45, 7) is 4.16. The van der Waals surface area contributed by atoms with Gasteiger partial charge >= 0.3 is 0 Å². The zero-order chi connectivity index (χ0) is 8.97. The van der Waals surface area contributed by atoms with Gasteiger partial charge in [-0.15, -0.1) is 11.3 Å². The molecule has 0 aliphatic heterocycles. The Morgan fingerprint density at radius 2 is 2.25 bits per heavy atom. The minimum atomic E-state index is 1.02. The van der Waals surface area contributed by atoms with Crippen LogP contribution in [0.2, 0.25) is 0 Å². The molecule has 0 N–H and O–H groups in total. The lowest BCUT2D eigenvalue weighted by Gasteiger charge is -1.82. The maximum absolute atomic E-state index is 4.40. The SMILES string of the molecule is Cc1nc(C=CCCBr)sc1C. The lowest BCUT2D eigenvalue weighted by atomic mass is 10.4. The van der Waals surface area contributed by atoms with Crippen LogP contribution >= 0.6 is 27.3 Å². The molecular weight excluding hydrogens is 234 g/mol. The zero-order valence-electron chi connectivity index (χ0n) is 7.30. The van der Waals surface area contributed by atoms with Crippen LogP contribution in [0.4, 0.5) is 0 Å². The third kappa shape index (κ3) is 2.72. The molecule has 0 aromatic carbocycles. The molecule has 0 saturated carbocycles. The average molecular weight is 246 g/mol. The number of nitrogens with zero attached hydrogens (tertiary/aromatic N) is 1. The molecule has 1 aromatic rings. The summed E-state index contributed by atoms with van der Waals surface area (Å²) < 4.78 is 0. The van der Waals surface area contributed by atoms with Crippen LogP contribution in [0.5, 0.6) is 0 Å². The van der Waals surface area contributed by atoms with Crippen molar-refractivity contribution in [1.29, 1.82) is 0 Å². The van der Waals surface area contributed by atoms with Crippen molar-refractivity contribution in [3.05, 3.63) is 21.7 Å². The van der Waals surface area contributed by atoms with Crippen molar-refractivity contribution in [2.45, 2.75) is 20.3 Å². The van der Waals surface area contributed by atoms with E-state index in [1.807, 2.05) is 6.92 Å². The van der Waals surface area contributed by atoms with Crippen LogP contribution in [0.25, 0.3) is 6.08 Å². The molecule has 0 amide bonds. The van der Waals surface area contributed by atoms with Gasteiger partial charge in [-0.05, 0) is 26.3 Å². The molecule has 0 fully saturated rings. The van der Waals surface area contributed by atoms with E-state index in [0.29, 0.717) is 0 Å². The molecule has 0 saturated heterocycles. The van der Waals surface area contributed by atoms with Gasteiger partial charge < -0.3 is 0 Å². The van der Waals surface area contributed by atoms with Gasteiger partial charge in [0.05, 0.1) is 5.69 Å². The first-order valence-electron chi connectivity index (χ1n) is 3.90. The van der Waals surface area contributed by atoms with Crippen LogP contribution in [0.15, 0.2) is 6.08 Å². The number of hydrogen-bond donors (Lipinski definition) is 0. The molecule has 1 rings (SSSR count). The fourth-order valence-corrected chi connectivity index (χ4v) is 1.93. The molecule has 0 atom stereocenters. The van der Waals surface area contributed by atoms with E-state index in [1.165, 1.54) is 4.88 Å². The van der Waals surface area contributed by atoms with Gasteiger partial charge in [-0.1, -0.05) is 22.0 Å². The normalized spacial score (nSPS) is 11.2. The summed E-state index contributed by atoms with van der Waals surface area (Å²) in [5, 5.41) is 2.14. The van der Waals surface area contributed by atoms with Crippen LogP contribution in [0.3, 0.4) is 0 Å². The van der Waals surface area contributed by atoms with E-state index < -0.39 is 0 Å². The van der Waals surface area contributed by atoms with E-state index in [1.54, 1.807) is 11.3 Å². The number of halogens is 1. The Morgan fingerprint density at radius 3 is 2.75 bits per heavy atom. The molecule has 66 valence electrons. The molecule has 3 heteroatoms. The first kappa shape index (κ1) is 9.93. The Bertz CT molecular complexity index is 259. The quantitative estimate of drug-likeness (QED) is 0.743. The van der Waals surface area contributed by atoms with Crippen molar-refractivity contribution in [2.75, 3.05) is 5.33 Å². The van der Waals surface area contributed by atoms with Gasteiger partial charge in [0, 0.05) is 10.2 Å². The van der Waals surface area contributed by atoms with Crippen LogP contribution in [0.1, 0.15) is 22.0 Å². The predicted molar refractivity (Wildman–Crippen MR) is 59.0 cm³/mol. The summed E-state index contributed by atoms with van der Waals surface area (Å²) in [5.74, 6) is 0. The van der Waals surface area contributed by atoms with Crippen molar-refractivity contribution in [3.63, 3.8) is 0 Å². The maximum atomic E-state index is 4.40. The summed E-state index contributed by atoms with van der Waals surface area (Å²) in [7, 11) is 0. The highest BCUT2D eigenvalue weighted by atomic mass is 79.9. The van der Waals surface area contributed by atoms with E-state index in [0.717, 1.165) is 22.5 Å². The Hall–Kier alpha value is -0.150. The number of thiazole rings is 1. The molecule has 12 heavy (non-hydrogen) atoms. The first-order valence-corrected chi connectivity index (χ1v) is 5.84. The van der Waals surface area contributed by atoms with E-state index in [4.69, 9.17) is 0 Å². The summed E-state index contributed by atoms with van der Waals surface area (Å²) in [4.78, 5) is 5.71. The standard InChI is InChI=1S/C9H12BrNS/c1-7-8(2)12-9(11-7)5-3-4-6-10/h3,5H,4,6H2,1-2H3. The van der Waals surface area contributed by atoms with Gasteiger partial charge in [0.25, 0.3) is 0 Å². The van der Waals surface area contributed by atoms with Gasteiger partial charge in [0.2, 0.25) is 0 Å². The summed E-state index contributed by atoms with van der Waals surface area (Å²) in [5.41, 5.74) is 1.15. The van der Waals surface area contributed by atoms with Crippen molar-refractivity contribution < 1.29 is 0 Å². The first-order chi connectivity index (χ1) is 5.74. The second kappa shape index (κ2) is 4.77. The minimum absolute atomic E-state index is 1.02. The third-order valence-electron chi connectivity index (χ3n) is 1.58. The zero-order valence-corrected chi connectivity index (χ0v) is 9.70. The maximum Gasteiger partial charge on any atom is 0.116 e. The van der Waals surface area contributed by atoms with Crippen LogP contribution < -0.4 is 0 Å². The number of rotatable bonds is 3. The lowest BCUT2D eigenvalue weighted by Crippen LogP contribution is -1.73. The Labute approximate surface area is 85.7 Å². The van der Waals surface area contributed by atoms with Gasteiger partial charge in [-0.2, -0.15) is 0 Å². The lowest BCUT2D eigenvalue weighted by molar-refractivity contribution is 1.21. The molecule has 1 nitrogen and oxygen atoms in total. The van der Waals surface area contributed by atoms with Crippen LogP contribution in [-0.2, 0) is 0 Å². The Morgan fingerprint density at radius 1 is 1.50 bits per heavy atom. The Balaban J connectivity index is 2.64. The topological polar surface area (TPSA) is 12.9 Å². The summed E-state index contributed by atoms with van der Waals surface area (Å²) in [6.07, 6.45) is 5.30. The van der Waals surface area contributed by atoms with E-state index >= 15 is 0 Å². The number of hydrogen-bond acceptors (Lipinski definition) is 2. The molecule has 0 radical (unpaired) electrons. The fourth-order valence-electron chi connectivity index (χ4n) is 0.816. The second-order valence-corrected chi connectivity index (χ2v) is 4.60. The smallest absolute Gasteiger partial charge is 0.116 e. The molecule has 0 spiro atoms. The minimum Gasteiger partial charge on any atom is -0.242 e. The predicted octanol–water partition coefficient (Wildman–Crippen LogP) is 3.56. The highest BCUT2D eigenvalue weighted by Crippen LogP contribution is 2.17. The Kier molecular flexibility index (Phi) is 3.95. The van der Waals surface area contributed by atoms with Crippen molar-refractivity contribution >= 4 is 33.3 Å². The van der Waals surface area contributed by atoms with Crippen molar-refractivity contribution in [3.8, 4) is 0 Å². The molecule has 0 aliphatic rings. The number of aromatic nitrogens is 1. The average Bonchev–Trinajstić information content (AvgIpc) is 2.32. The third-order valence-corrected chi connectivity index (χ3v) is 3.08. The largest absolute Gasteiger partial charge is 0.242 e. The van der Waals surface area contributed by atoms with Crippen LogP contribution in [0, 0.1) is 13.8 Å². The molecule has 1 aromatic heterocycles. The van der Waals surface area contributed by atoms with Gasteiger partial charge in [-0.25, -0.2) is 4.98 Å². The summed E-state index contributed by atoms with van der Waals surface area (Å²) in [6, 6.07) is 0. The van der Waals surface area contributed by atoms with E-state index in [2.05, 4.69) is 40.0 Å². The van der Waals surface area contributed by atoms with Gasteiger partial charge in [0.1, 0.15) is 5.01 Å². The van der Waals surface area contributed by atoms with Crippen molar-refractivity contribution in [2.24, 2.45) is 0 Å². The molecule has 1 heterocycles. The van der Waals surface area contributed by atoms with E-state index in [9.17, 15) is 0 Å². The number of alkyl halides is 1. The molecule has 0 unspecified atom stereocenters. The summed E-state index contributed by atoms with van der Waals surface area (Å²) >= 11 is 5.13. The number of allylic oxidation sites excluding steroid dienone is 1. The number of aryl methyl sites for hydroxylation is 2. The molecular formula is C9H12BrNS. The highest BCUT2D eigenvalue weighted by molar-refractivity contribution is 9.09. The van der Waals surface area contributed by atoms with Crippen molar-refractivity contribution in [1.82, 2.24) is 4.98 Å². The van der Waals surface area contributed by atoms with E-state index in [-0.39, 0.29) is 0 Å². The fraction of sp³-hybridized carbons (Fsp3) is 0.444. The highest BCUT2D eigenvalue weighted by Gasteiger charge is 1.98. The monoisotopic (exact) mass is 245 g/mol. The molecule has 0 bridgehead atoms.